The van der Waals surface area contributed by atoms with Gasteiger partial charge in [-0.2, -0.15) is 0 Å². The van der Waals surface area contributed by atoms with Gasteiger partial charge in [-0.1, -0.05) is 0 Å². The van der Waals surface area contributed by atoms with Crippen LogP contribution < -0.4 is 0 Å². The molecule has 0 aliphatic rings. The third-order valence-electron chi connectivity index (χ3n) is 8.42. The number of benzene rings is 2. The van der Waals surface area contributed by atoms with Gasteiger partial charge in [-0.05, 0) is 0 Å². The zero-order valence-corrected chi connectivity index (χ0v) is 30.0. The molecule has 1 unspecified atom stereocenters. The predicted octanol–water partition coefficient (Wildman–Crippen LogP) is 10.7. The second-order valence-corrected chi connectivity index (χ2v) is 18.6. The fourth-order valence-corrected chi connectivity index (χ4v) is 7.63. The SMILES string of the molecule is CCCCC(CC)C[PH](O)(O)OC(c1ccc(C(C)(C)C)cc1C(C)(C)C)c1ccc(C(C)(C)C)cc1C(C)(C)C. The Morgan fingerprint density at radius 2 is 1.07 bits per heavy atom. The Bertz CT molecular complexity index is 1060. The van der Waals surface area contributed by atoms with E-state index < -0.39 is 14.0 Å². The van der Waals surface area contributed by atoms with E-state index in [-0.39, 0.29) is 27.6 Å². The molecule has 2 N–H and O–H groups in total. The summed E-state index contributed by atoms with van der Waals surface area (Å²) >= 11 is 0. The first-order valence-corrected chi connectivity index (χ1v) is 17.9. The van der Waals surface area contributed by atoms with Crippen LogP contribution in [-0.4, -0.2) is 15.9 Å². The molecular weight excluding hydrogens is 523 g/mol. The van der Waals surface area contributed by atoms with Gasteiger partial charge < -0.3 is 0 Å². The molecule has 4 heteroatoms. The summed E-state index contributed by atoms with van der Waals surface area (Å²) < 4.78 is 6.70. The van der Waals surface area contributed by atoms with E-state index in [0.717, 1.165) is 36.8 Å². The van der Waals surface area contributed by atoms with Gasteiger partial charge in [0, 0.05) is 0 Å². The van der Waals surface area contributed by atoms with Crippen LogP contribution in [0.3, 0.4) is 0 Å². The van der Waals surface area contributed by atoms with Crippen molar-refractivity contribution in [1.29, 1.82) is 0 Å². The van der Waals surface area contributed by atoms with Crippen LogP contribution in [0, 0.1) is 5.92 Å². The molecule has 0 aromatic heterocycles. The van der Waals surface area contributed by atoms with Crippen LogP contribution >= 0.6 is 7.94 Å². The van der Waals surface area contributed by atoms with Crippen molar-refractivity contribution in [3.63, 3.8) is 0 Å². The summed E-state index contributed by atoms with van der Waals surface area (Å²) in [7, 11) is -4.03. The van der Waals surface area contributed by atoms with Crippen LogP contribution in [-0.2, 0) is 26.2 Å². The molecule has 234 valence electrons. The van der Waals surface area contributed by atoms with E-state index in [1.54, 1.807) is 0 Å². The number of hydrogen-bond donors (Lipinski definition) is 2. The molecule has 2 aromatic carbocycles. The molecule has 0 aliphatic heterocycles. The fourth-order valence-electron chi connectivity index (χ4n) is 5.65. The minimum atomic E-state index is -4.03. The quantitative estimate of drug-likeness (QED) is 0.272. The Hall–Kier alpha value is -1.25. The van der Waals surface area contributed by atoms with Crippen molar-refractivity contribution in [1.82, 2.24) is 0 Å². The first kappa shape index (κ1) is 35.9. The van der Waals surface area contributed by atoms with Gasteiger partial charge in [-0.3, -0.25) is 0 Å². The van der Waals surface area contributed by atoms with E-state index in [1.807, 2.05) is 0 Å². The fraction of sp³-hybridized carbons (Fsp3) is 0.676. The Morgan fingerprint density at radius 3 is 1.39 bits per heavy atom. The van der Waals surface area contributed by atoms with E-state index in [0.29, 0.717) is 6.16 Å². The minimum absolute atomic E-state index is 0.0000982. The predicted molar refractivity (Wildman–Crippen MR) is 182 cm³/mol. The topological polar surface area (TPSA) is 49.7 Å². The maximum absolute atomic E-state index is 11.6. The van der Waals surface area contributed by atoms with E-state index in [4.69, 9.17) is 4.52 Å². The van der Waals surface area contributed by atoms with Gasteiger partial charge >= 0.3 is 254 Å². The Labute approximate surface area is 254 Å². The van der Waals surface area contributed by atoms with Gasteiger partial charge in [-0.25, -0.2) is 0 Å². The molecule has 3 nitrogen and oxygen atoms in total. The summed E-state index contributed by atoms with van der Waals surface area (Å²) in [5, 5.41) is 0. The Kier molecular flexibility index (Phi) is 11.5. The molecule has 0 spiro atoms. The van der Waals surface area contributed by atoms with Crippen LogP contribution in [0.1, 0.15) is 162 Å². The first-order valence-electron chi connectivity index (χ1n) is 15.9. The van der Waals surface area contributed by atoms with E-state index in [2.05, 4.69) is 133 Å². The molecule has 41 heavy (non-hydrogen) atoms. The van der Waals surface area contributed by atoms with Crippen molar-refractivity contribution in [2.24, 2.45) is 5.92 Å². The number of hydrogen-bond acceptors (Lipinski definition) is 3. The van der Waals surface area contributed by atoms with Crippen molar-refractivity contribution in [2.45, 2.75) is 150 Å². The average Bonchev–Trinajstić information content (AvgIpc) is 2.82. The zero-order chi connectivity index (χ0) is 31.6. The standard InChI is InChI=1S/C37H63O3P/c1-15-17-18-26(16-2)25-41(38,39)40-33(29-21-19-27(34(3,4)5)23-31(29)36(9,10)11)30-22-20-28(35(6,7)8)24-32(30)37(12,13)14/h19-24,26,33,38-39,41H,15-18,25H2,1-14H3. The summed E-state index contributed by atoms with van der Waals surface area (Å²) in [5.74, 6) is 0.243. The number of unbranched alkanes of at least 4 members (excludes halogenated alkanes) is 1. The molecule has 0 amide bonds. The maximum atomic E-state index is 11.6. The van der Waals surface area contributed by atoms with Gasteiger partial charge in [0.15, 0.2) is 0 Å². The summed E-state index contributed by atoms with van der Waals surface area (Å²) in [4.78, 5) is 23.3. The van der Waals surface area contributed by atoms with Crippen molar-refractivity contribution >= 4 is 7.94 Å². The Balaban J connectivity index is 2.87. The molecule has 1 atom stereocenters. The van der Waals surface area contributed by atoms with Crippen LogP contribution in [0.15, 0.2) is 36.4 Å². The van der Waals surface area contributed by atoms with Gasteiger partial charge in [-0.15, -0.1) is 0 Å². The van der Waals surface area contributed by atoms with Crippen molar-refractivity contribution in [3.05, 3.63) is 69.8 Å². The van der Waals surface area contributed by atoms with Gasteiger partial charge in [0.25, 0.3) is 0 Å². The van der Waals surface area contributed by atoms with Crippen LogP contribution in [0.2, 0.25) is 0 Å². The summed E-state index contributed by atoms with van der Waals surface area (Å²) in [6.07, 6.45) is 3.87. The van der Waals surface area contributed by atoms with Crippen molar-refractivity contribution in [3.8, 4) is 0 Å². The third kappa shape index (κ3) is 9.89. The molecule has 0 saturated carbocycles. The molecule has 0 radical (unpaired) electrons. The van der Waals surface area contributed by atoms with E-state index in [1.165, 1.54) is 22.3 Å². The monoisotopic (exact) mass is 586 g/mol. The Morgan fingerprint density at radius 1 is 0.659 bits per heavy atom. The van der Waals surface area contributed by atoms with Crippen LogP contribution in [0.25, 0.3) is 0 Å². The second kappa shape index (κ2) is 13.2. The van der Waals surface area contributed by atoms with Crippen molar-refractivity contribution < 1.29 is 14.3 Å². The molecule has 0 heterocycles. The third-order valence-corrected chi connectivity index (χ3v) is 10.1. The van der Waals surface area contributed by atoms with Crippen molar-refractivity contribution in [2.75, 3.05) is 6.16 Å². The first-order chi connectivity index (χ1) is 18.5. The molecule has 2 aromatic rings. The van der Waals surface area contributed by atoms with E-state index in [9.17, 15) is 9.79 Å². The van der Waals surface area contributed by atoms with Crippen LogP contribution in [0.4, 0.5) is 0 Å². The average molecular weight is 587 g/mol. The molecule has 0 saturated heterocycles. The molecular formula is C37H63O3P. The normalized spacial score (nSPS) is 15.0. The molecule has 0 aliphatic carbocycles. The van der Waals surface area contributed by atoms with Gasteiger partial charge in [0.1, 0.15) is 0 Å². The van der Waals surface area contributed by atoms with Crippen LogP contribution in [0.5, 0.6) is 0 Å². The second-order valence-electron chi connectivity index (χ2n) is 16.5. The summed E-state index contributed by atoms with van der Waals surface area (Å²) in [6, 6.07) is 13.4. The summed E-state index contributed by atoms with van der Waals surface area (Å²) in [6.45, 7) is 31.2. The van der Waals surface area contributed by atoms with Gasteiger partial charge in [0.2, 0.25) is 0 Å². The zero-order valence-electron chi connectivity index (χ0n) is 29.0. The molecule has 0 fully saturated rings. The molecule has 2 rings (SSSR count). The van der Waals surface area contributed by atoms with Gasteiger partial charge in [0.05, 0.1) is 0 Å². The summed E-state index contributed by atoms with van der Waals surface area (Å²) in [5.41, 5.74) is 6.66. The number of rotatable bonds is 10. The van der Waals surface area contributed by atoms with E-state index >= 15 is 0 Å². The molecule has 0 bridgehead atoms.